The molecule has 0 bridgehead atoms. The van der Waals surface area contributed by atoms with Crippen molar-refractivity contribution in [2.75, 3.05) is 5.43 Å². The van der Waals surface area contributed by atoms with Crippen LogP contribution in [0.3, 0.4) is 0 Å². The third-order valence-corrected chi connectivity index (χ3v) is 3.67. The van der Waals surface area contributed by atoms with Crippen molar-refractivity contribution in [1.82, 2.24) is 5.32 Å². The maximum absolute atomic E-state index is 12.3. The minimum Gasteiger partial charge on any atom is -0.345 e. The Hall–Kier alpha value is -1.85. The second kappa shape index (κ2) is 5.86. The number of hydrogen-bond donors (Lipinski definition) is 3. The number of anilines is 1. The second-order valence-electron chi connectivity index (χ2n) is 4.45. The van der Waals surface area contributed by atoms with Crippen LogP contribution in [0.2, 0.25) is 0 Å². The van der Waals surface area contributed by atoms with Crippen LogP contribution in [0.1, 0.15) is 34.5 Å². The predicted octanol–water partition coefficient (Wildman–Crippen LogP) is 2.83. The van der Waals surface area contributed by atoms with Crippen molar-refractivity contribution in [2.24, 2.45) is 5.84 Å². The fourth-order valence-electron chi connectivity index (χ4n) is 1.85. The van der Waals surface area contributed by atoms with Crippen molar-refractivity contribution in [3.05, 3.63) is 51.7 Å². The highest BCUT2D eigenvalue weighted by atomic mass is 32.1. The molecule has 0 saturated carbocycles. The van der Waals surface area contributed by atoms with Crippen molar-refractivity contribution in [1.29, 1.82) is 0 Å². The van der Waals surface area contributed by atoms with Gasteiger partial charge in [0, 0.05) is 0 Å². The average molecular weight is 275 g/mol. The zero-order valence-electron chi connectivity index (χ0n) is 10.9. The highest BCUT2D eigenvalue weighted by molar-refractivity contribution is 7.07. The Balaban J connectivity index is 2.18. The van der Waals surface area contributed by atoms with Crippen molar-refractivity contribution < 1.29 is 4.79 Å². The van der Waals surface area contributed by atoms with Crippen LogP contribution in [0, 0.1) is 6.92 Å². The number of thiophene rings is 1. The summed E-state index contributed by atoms with van der Waals surface area (Å²) in [5.41, 5.74) is 5.86. The molecular formula is C14H17N3OS. The van der Waals surface area contributed by atoms with E-state index in [9.17, 15) is 4.79 Å². The summed E-state index contributed by atoms with van der Waals surface area (Å²) < 4.78 is 0. The van der Waals surface area contributed by atoms with Gasteiger partial charge in [0.1, 0.15) is 0 Å². The lowest BCUT2D eigenvalue weighted by Gasteiger charge is -2.15. The van der Waals surface area contributed by atoms with E-state index in [0.717, 1.165) is 11.1 Å². The molecule has 1 aromatic heterocycles. The Morgan fingerprint density at radius 3 is 2.79 bits per heavy atom. The third kappa shape index (κ3) is 3.13. The Bertz CT molecular complexity index is 566. The predicted molar refractivity (Wildman–Crippen MR) is 79.2 cm³/mol. The van der Waals surface area contributed by atoms with Crippen molar-refractivity contribution in [3.8, 4) is 0 Å². The first-order chi connectivity index (χ1) is 9.11. The van der Waals surface area contributed by atoms with Gasteiger partial charge in [-0.05, 0) is 48.4 Å². The largest absolute Gasteiger partial charge is 0.345 e. The molecule has 0 spiro atoms. The number of hydrogen-bond acceptors (Lipinski definition) is 4. The first kappa shape index (κ1) is 13.6. The maximum atomic E-state index is 12.3. The standard InChI is InChI=1S/C14H17N3OS/c1-9-3-4-13(17-15)12(7-9)14(18)16-10(2)11-5-6-19-8-11/h3-8,10,17H,15H2,1-2H3,(H,16,18). The lowest BCUT2D eigenvalue weighted by Crippen LogP contribution is -2.27. The molecule has 0 aliphatic carbocycles. The summed E-state index contributed by atoms with van der Waals surface area (Å²) in [4.78, 5) is 12.3. The van der Waals surface area contributed by atoms with Crippen LogP contribution in [-0.2, 0) is 0 Å². The average Bonchev–Trinajstić information content (AvgIpc) is 2.92. The Labute approximate surface area is 116 Å². The van der Waals surface area contributed by atoms with Crippen LogP contribution in [0.25, 0.3) is 0 Å². The van der Waals surface area contributed by atoms with Crippen LogP contribution >= 0.6 is 11.3 Å². The monoisotopic (exact) mass is 275 g/mol. The minimum absolute atomic E-state index is 0.0233. The van der Waals surface area contributed by atoms with Gasteiger partial charge in [-0.1, -0.05) is 11.6 Å². The van der Waals surface area contributed by atoms with Crippen molar-refractivity contribution >= 4 is 22.9 Å². The number of hydrazine groups is 1. The molecule has 100 valence electrons. The van der Waals surface area contributed by atoms with E-state index in [1.54, 1.807) is 17.4 Å². The van der Waals surface area contributed by atoms with Gasteiger partial charge in [0.2, 0.25) is 0 Å². The number of carbonyl (C=O) groups excluding carboxylic acids is 1. The topological polar surface area (TPSA) is 67.1 Å². The summed E-state index contributed by atoms with van der Waals surface area (Å²) in [6.45, 7) is 3.91. The number of nitrogens with one attached hydrogen (secondary N) is 2. The molecule has 4 N–H and O–H groups in total. The molecule has 2 aromatic rings. The zero-order chi connectivity index (χ0) is 13.8. The smallest absolute Gasteiger partial charge is 0.253 e. The number of amides is 1. The molecule has 1 unspecified atom stereocenters. The normalized spacial score (nSPS) is 11.9. The second-order valence-corrected chi connectivity index (χ2v) is 5.23. The van der Waals surface area contributed by atoms with Gasteiger partial charge >= 0.3 is 0 Å². The van der Waals surface area contributed by atoms with Gasteiger partial charge < -0.3 is 10.7 Å². The molecule has 19 heavy (non-hydrogen) atoms. The molecule has 0 saturated heterocycles. The maximum Gasteiger partial charge on any atom is 0.253 e. The molecule has 0 aliphatic rings. The Kier molecular flexibility index (Phi) is 4.19. The molecule has 1 amide bonds. The molecular weight excluding hydrogens is 258 g/mol. The highest BCUT2D eigenvalue weighted by Crippen LogP contribution is 2.19. The number of nitrogens with two attached hydrogens (primary N) is 1. The van der Waals surface area contributed by atoms with Gasteiger partial charge in [-0.3, -0.25) is 10.6 Å². The fraction of sp³-hybridized carbons (Fsp3) is 0.214. The fourth-order valence-corrected chi connectivity index (χ4v) is 2.61. The minimum atomic E-state index is -0.129. The van der Waals surface area contributed by atoms with Gasteiger partial charge in [-0.25, -0.2) is 0 Å². The number of carbonyl (C=O) groups is 1. The van der Waals surface area contributed by atoms with Gasteiger partial charge in [-0.2, -0.15) is 11.3 Å². The number of rotatable bonds is 4. The van der Waals surface area contributed by atoms with E-state index in [1.807, 2.05) is 42.8 Å². The molecule has 1 aromatic carbocycles. The summed E-state index contributed by atoms with van der Waals surface area (Å²) in [5.74, 6) is 5.31. The molecule has 0 aliphatic heterocycles. The van der Waals surface area contributed by atoms with E-state index in [-0.39, 0.29) is 11.9 Å². The van der Waals surface area contributed by atoms with Crippen LogP contribution in [0.15, 0.2) is 35.0 Å². The van der Waals surface area contributed by atoms with E-state index >= 15 is 0 Å². The van der Waals surface area contributed by atoms with Gasteiger partial charge in [-0.15, -0.1) is 0 Å². The van der Waals surface area contributed by atoms with Gasteiger partial charge in [0.25, 0.3) is 5.91 Å². The lowest BCUT2D eigenvalue weighted by atomic mass is 10.1. The third-order valence-electron chi connectivity index (χ3n) is 2.97. The van der Waals surface area contributed by atoms with Crippen LogP contribution in [0.4, 0.5) is 5.69 Å². The lowest BCUT2D eigenvalue weighted by molar-refractivity contribution is 0.0940. The summed E-state index contributed by atoms with van der Waals surface area (Å²) in [5, 5.41) is 7.00. The van der Waals surface area contributed by atoms with Gasteiger partial charge in [0.05, 0.1) is 17.3 Å². The molecule has 5 heteroatoms. The molecule has 2 rings (SSSR count). The van der Waals surface area contributed by atoms with E-state index in [1.165, 1.54) is 0 Å². The zero-order valence-corrected chi connectivity index (χ0v) is 11.8. The Morgan fingerprint density at radius 1 is 1.37 bits per heavy atom. The molecule has 1 heterocycles. The Morgan fingerprint density at radius 2 is 2.16 bits per heavy atom. The molecule has 0 radical (unpaired) electrons. The summed E-state index contributed by atoms with van der Waals surface area (Å²) >= 11 is 1.62. The van der Waals surface area contributed by atoms with Crippen molar-refractivity contribution in [3.63, 3.8) is 0 Å². The first-order valence-electron chi connectivity index (χ1n) is 6.02. The van der Waals surface area contributed by atoms with E-state index in [0.29, 0.717) is 11.3 Å². The summed E-state index contributed by atoms with van der Waals surface area (Å²) in [6.07, 6.45) is 0. The SMILES string of the molecule is Cc1ccc(NN)c(C(=O)NC(C)c2ccsc2)c1. The van der Waals surface area contributed by atoms with Crippen molar-refractivity contribution in [2.45, 2.75) is 19.9 Å². The van der Waals surface area contributed by atoms with E-state index in [2.05, 4.69) is 10.7 Å². The van der Waals surface area contributed by atoms with E-state index < -0.39 is 0 Å². The van der Waals surface area contributed by atoms with Gasteiger partial charge in [0.15, 0.2) is 0 Å². The number of benzene rings is 1. The number of nitrogen functional groups attached to an aromatic ring is 1. The van der Waals surface area contributed by atoms with E-state index in [4.69, 9.17) is 5.84 Å². The van der Waals surface area contributed by atoms with Crippen LogP contribution < -0.4 is 16.6 Å². The summed E-state index contributed by atoms with van der Waals surface area (Å²) in [7, 11) is 0. The molecule has 4 nitrogen and oxygen atoms in total. The molecule has 0 fully saturated rings. The summed E-state index contributed by atoms with van der Waals surface area (Å²) in [6, 6.07) is 7.52. The first-order valence-corrected chi connectivity index (χ1v) is 6.96. The highest BCUT2D eigenvalue weighted by Gasteiger charge is 2.15. The quantitative estimate of drug-likeness (QED) is 0.593. The van der Waals surface area contributed by atoms with Crippen LogP contribution in [-0.4, -0.2) is 5.91 Å². The van der Waals surface area contributed by atoms with Crippen LogP contribution in [0.5, 0.6) is 0 Å². The number of aryl methyl sites for hydroxylation is 1. The molecule has 1 atom stereocenters.